The van der Waals surface area contributed by atoms with E-state index in [9.17, 15) is 23.1 Å². The number of carbonyl (C=O) groups is 1. The third-order valence-electron chi connectivity index (χ3n) is 6.11. The lowest BCUT2D eigenvalue weighted by molar-refractivity contribution is -0.274. The largest absolute Gasteiger partial charge is 0.573 e. The molecule has 1 fully saturated rings. The van der Waals surface area contributed by atoms with Crippen molar-refractivity contribution < 1.29 is 27.8 Å². The zero-order chi connectivity index (χ0) is 29.0. The molecule has 13 heteroatoms. The molecule has 1 aliphatic rings. The van der Waals surface area contributed by atoms with Crippen molar-refractivity contribution in [1.29, 1.82) is 0 Å². The van der Waals surface area contributed by atoms with Crippen molar-refractivity contribution in [2.24, 2.45) is 4.99 Å². The molecule has 4 aromatic rings. The zero-order valence-electron chi connectivity index (χ0n) is 21.7. The number of carbonyl (C=O) groups excluding carboxylic acids is 1. The summed E-state index contributed by atoms with van der Waals surface area (Å²) in [5.74, 6) is 0.295. The van der Waals surface area contributed by atoms with E-state index in [4.69, 9.17) is 0 Å². The first-order chi connectivity index (χ1) is 19.7. The summed E-state index contributed by atoms with van der Waals surface area (Å²) in [6, 6.07) is 20.4. The van der Waals surface area contributed by atoms with Crippen LogP contribution in [0.4, 0.5) is 18.9 Å². The molecule has 0 radical (unpaired) electrons. The first kappa shape index (κ1) is 28.3. The molecule has 3 aromatic carbocycles. The summed E-state index contributed by atoms with van der Waals surface area (Å²) in [5, 5.41) is 18.3. The van der Waals surface area contributed by atoms with Crippen LogP contribution in [0.3, 0.4) is 0 Å². The number of aliphatic hydroxyl groups excluding tert-OH is 1. The molecule has 5 rings (SSSR count). The second kappa shape index (κ2) is 12.1. The van der Waals surface area contributed by atoms with Crippen LogP contribution < -0.4 is 15.0 Å². The van der Waals surface area contributed by atoms with E-state index < -0.39 is 12.7 Å². The van der Waals surface area contributed by atoms with Gasteiger partial charge in [0.25, 0.3) is 0 Å². The molecule has 212 valence electrons. The zero-order valence-corrected chi connectivity index (χ0v) is 22.6. The highest BCUT2D eigenvalue weighted by Crippen LogP contribution is 2.29. The number of amides is 1. The molecule has 1 amide bonds. The Kier molecular flexibility index (Phi) is 8.38. The summed E-state index contributed by atoms with van der Waals surface area (Å²) < 4.78 is 42.6. The van der Waals surface area contributed by atoms with E-state index in [-0.39, 0.29) is 17.4 Å². The minimum absolute atomic E-state index is 0.0874. The van der Waals surface area contributed by atoms with Gasteiger partial charge in [0.1, 0.15) is 12.1 Å². The Balaban J connectivity index is 1.19. The molecule has 1 aromatic heterocycles. The fourth-order valence-corrected chi connectivity index (χ4v) is 5.08. The first-order valence-electron chi connectivity index (χ1n) is 12.5. The molecule has 0 saturated carbocycles. The van der Waals surface area contributed by atoms with Crippen molar-refractivity contribution in [2.45, 2.75) is 26.1 Å². The van der Waals surface area contributed by atoms with Gasteiger partial charge in [-0.3, -0.25) is 15.0 Å². The third kappa shape index (κ3) is 7.12. The number of hydrogen-bond acceptors (Lipinski definition) is 8. The van der Waals surface area contributed by atoms with Gasteiger partial charge < -0.3 is 9.84 Å². The molecule has 1 aliphatic heterocycles. The summed E-state index contributed by atoms with van der Waals surface area (Å²) in [6.07, 6.45) is -3.90. The van der Waals surface area contributed by atoms with Gasteiger partial charge in [0.15, 0.2) is 11.0 Å². The summed E-state index contributed by atoms with van der Waals surface area (Å²) in [4.78, 5) is 22.7. The van der Waals surface area contributed by atoms with Crippen LogP contribution in [0, 0.1) is 6.92 Å². The molecule has 41 heavy (non-hydrogen) atoms. The lowest BCUT2D eigenvalue weighted by Crippen LogP contribution is -2.34. The Bertz CT molecular complexity index is 1560. The van der Waals surface area contributed by atoms with E-state index in [1.807, 2.05) is 55.5 Å². The Morgan fingerprint density at radius 3 is 2.66 bits per heavy atom. The second-order valence-corrected chi connectivity index (χ2v) is 9.99. The highest BCUT2D eigenvalue weighted by Gasteiger charge is 2.32. The monoisotopic (exact) mass is 582 g/mol. The van der Waals surface area contributed by atoms with Crippen LogP contribution in [0.25, 0.3) is 17.1 Å². The van der Waals surface area contributed by atoms with Gasteiger partial charge in [0, 0.05) is 12.1 Å². The number of alkyl halides is 3. The molecule has 0 spiro atoms. The van der Waals surface area contributed by atoms with E-state index in [1.54, 1.807) is 0 Å². The van der Waals surface area contributed by atoms with Crippen molar-refractivity contribution in [3.63, 3.8) is 0 Å². The maximum absolute atomic E-state index is 12.5. The van der Waals surface area contributed by atoms with Crippen LogP contribution in [0.2, 0.25) is 0 Å². The normalized spacial score (nSPS) is 15.5. The SMILES string of the molecule is Cc1ccccc1N1C(=O)CSC1=NC(O)NCCc1cccc(-c2ncn(-c3ccc(OC(F)(F)F)cc3)n2)c1. The number of para-hydroxylation sites is 1. The Hall–Kier alpha value is -4.20. The van der Waals surface area contributed by atoms with Crippen LogP contribution in [0.1, 0.15) is 11.1 Å². The number of ether oxygens (including phenoxy) is 1. The number of rotatable bonds is 9. The summed E-state index contributed by atoms with van der Waals surface area (Å²) in [7, 11) is 0. The average Bonchev–Trinajstić information content (AvgIpc) is 3.56. The van der Waals surface area contributed by atoms with Crippen LogP contribution in [0.15, 0.2) is 84.1 Å². The number of halogens is 3. The number of nitrogens with one attached hydrogen (secondary N) is 1. The fourth-order valence-electron chi connectivity index (χ4n) is 4.19. The first-order valence-corrected chi connectivity index (χ1v) is 13.5. The number of aromatic nitrogens is 3. The topological polar surface area (TPSA) is 105 Å². The Labute approximate surface area is 237 Å². The molecule has 2 heterocycles. The molecule has 0 bridgehead atoms. The molecule has 1 unspecified atom stereocenters. The highest BCUT2D eigenvalue weighted by atomic mass is 32.2. The van der Waals surface area contributed by atoms with Gasteiger partial charge >= 0.3 is 6.36 Å². The Morgan fingerprint density at radius 2 is 1.90 bits per heavy atom. The minimum atomic E-state index is -4.76. The number of hydrogen-bond donors (Lipinski definition) is 2. The molecule has 1 atom stereocenters. The summed E-state index contributed by atoms with van der Waals surface area (Å²) in [6.45, 7) is 2.33. The number of aliphatic hydroxyl groups is 1. The van der Waals surface area contributed by atoms with Crippen molar-refractivity contribution in [1.82, 2.24) is 20.1 Å². The molecular weight excluding hydrogens is 557 g/mol. The van der Waals surface area contributed by atoms with E-state index >= 15 is 0 Å². The van der Waals surface area contributed by atoms with Crippen molar-refractivity contribution in [3.05, 3.63) is 90.3 Å². The smallest absolute Gasteiger partial charge is 0.406 e. The molecule has 2 N–H and O–H groups in total. The van der Waals surface area contributed by atoms with Crippen molar-refractivity contribution in [3.8, 4) is 22.8 Å². The minimum Gasteiger partial charge on any atom is -0.406 e. The predicted octanol–water partition coefficient (Wildman–Crippen LogP) is 4.69. The van der Waals surface area contributed by atoms with Crippen LogP contribution in [0.5, 0.6) is 5.75 Å². The maximum Gasteiger partial charge on any atom is 0.573 e. The van der Waals surface area contributed by atoms with Gasteiger partial charge in [0.05, 0.1) is 17.1 Å². The summed E-state index contributed by atoms with van der Waals surface area (Å²) in [5.41, 5.74) is 3.93. The number of aryl methyl sites for hydroxylation is 1. The summed E-state index contributed by atoms with van der Waals surface area (Å²) >= 11 is 1.28. The molecule has 0 aliphatic carbocycles. The molecule has 9 nitrogen and oxygen atoms in total. The van der Waals surface area contributed by atoms with Gasteiger partial charge in [-0.2, -0.15) is 0 Å². The third-order valence-corrected chi connectivity index (χ3v) is 7.04. The van der Waals surface area contributed by atoms with Gasteiger partial charge in [-0.1, -0.05) is 48.2 Å². The van der Waals surface area contributed by atoms with Crippen LogP contribution in [-0.2, 0) is 11.2 Å². The van der Waals surface area contributed by atoms with Crippen LogP contribution in [-0.4, -0.2) is 56.0 Å². The van der Waals surface area contributed by atoms with Crippen LogP contribution >= 0.6 is 11.8 Å². The number of amidine groups is 1. The van der Waals surface area contributed by atoms with E-state index in [0.29, 0.717) is 29.6 Å². The molecular formula is C28H25F3N6O3S. The van der Waals surface area contributed by atoms with E-state index in [2.05, 4.69) is 25.1 Å². The van der Waals surface area contributed by atoms with Gasteiger partial charge in [-0.05, 0) is 60.9 Å². The second-order valence-electron chi connectivity index (χ2n) is 9.05. The number of thioether (sulfide) groups is 1. The van der Waals surface area contributed by atoms with Gasteiger partial charge in [-0.25, -0.2) is 14.7 Å². The van der Waals surface area contributed by atoms with Gasteiger partial charge in [0.2, 0.25) is 12.3 Å². The number of nitrogens with zero attached hydrogens (tertiary/aromatic N) is 5. The lowest BCUT2D eigenvalue weighted by atomic mass is 10.1. The number of anilines is 1. The number of aliphatic imine (C=N–C) groups is 1. The van der Waals surface area contributed by atoms with E-state index in [0.717, 1.165) is 22.4 Å². The molecule has 1 saturated heterocycles. The predicted molar refractivity (Wildman–Crippen MR) is 150 cm³/mol. The fraction of sp³-hybridized carbons (Fsp3) is 0.214. The average molecular weight is 583 g/mol. The van der Waals surface area contributed by atoms with Crippen molar-refractivity contribution >= 4 is 28.5 Å². The lowest BCUT2D eigenvalue weighted by Gasteiger charge is -2.19. The van der Waals surface area contributed by atoms with E-state index in [1.165, 1.54) is 51.9 Å². The maximum atomic E-state index is 12.5. The Morgan fingerprint density at radius 1 is 1.12 bits per heavy atom. The highest BCUT2D eigenvalue weighted by molar-refractivity contribution is 8.15. The number of benzene rings is 3. The van der Waals surface area contributed by atoms with Crippen molar-refractivity contribution in [2.75, 3.05) is 17.2 Å². The van der Waals surface area contributed by atoms with Gasteiger partial charge in [-0.15, -0.1) is 18.3 Å². The standard InChI is InChI=1S/C28H25F3N6O3S/c1-18-5-2-3-8-23(18)37-24(38)16-41-27(37)34-26(39)32-14-13-19-6-4-7-20(15-19)25-33-17-36(35-25)21-9-11-22(12-10-21)40-28(29,30)31/h2-12,15,17,26,32,39H,13-14,16H2,1H3. The quantitative estimate of drug-likeness (QED) is 0.276.